The van der Waals surface area contributed by atoms with Crippen LogP contribution >= 0.6 is 11.5 Å². The van der Waals surface area contributed by atoms with Gasteiger partial charge in [-0.3, -0.25) is 4.90 Å². The Hall–Kier alpha value is -0.680. The summed E-state index contributed by atoms with van der Waals surface area (Å²) in [5.41, 5.74) is 6.67. The van der Waals surface area contributed by atoms with Gasteiger partial charge in [-0.1, -0.05) is 11.4 Å². The van der Waals surface area contributed by atoms with E-state index in [1.807, 2.05) is 0 Å². The van der Waals surface area contributed by atoms with Gasteiger partial charge in [-0.15, -0.1) is 5.10 Å². The first-order valence-corrected chi connectivity index (χ1v) is 5.39. The van der Waals surface area contributed by atoms with Crippen LogP contribution in [0.3, 0.4) is 0 Å². The van der Waals surface area contributed by atoms with Gasteiger partial charge >= 0.3 is 0 Å². The lowest BCUT2D eigenvalue weighted by Crippen LogP contribution is -2.25. The Labute approximate surface area is 81.9 Å². The Balaban J connectivity index is 1.99. The summed E-state index contributed by atoms with van der Waals surface area (Å²) in [4.78, 5) is 2.41. The van der Waals surface area contributed by atoms with Crippen LogP contribution in [-0.4, -0.2) is 27.1 Å². The van der Waals surface area contributed by atoms with E-state index >= 15 is 0 Å². The molecule has 1 heterocycles. The van der Waals surface area contributed by atoms with E-state index in [-0.39, 0.29) is 0 Å². The smallest absolute Gasteiger partial charge is 0.132 e. The number of hydrogen-bond donors (Lipinski definition) is 1. The Morgan fingerprint density at radius 1 is 1.62 bits per heavy atom. The third-order valence-corrected chi connectivity index (χ3v) is 3.00. The predicted molar refractivity (Wildman–Crippen MR) is 53.4 cm³/mol. The minimum Gasteiger partial charge on any atom is -0.388 e. The number of hydrogen-bond acceptors (Lipinski definition) is 5. The number of aromatic nitrogens is 2. The molecule has 1 aliphatic rings. The fourth-order valence-corrected chi connectivity index (χ4v) is 1.89. The Kier molecular flexibility index (Phi) is 2.46. The molecule has 0 radical (unpaired) electrons. The molecule has 0 amide bonds. The second kappa shape index (κ2) is 3.59. The summed E-state index contributed by atoms with van der Waals surface area (Å²) in [6, 6.07) is 0.770. The van der Waals surface area contributed by atoms with E-state index in [9.17, 15) is 0 Å². The molecule has 1 fully saturated rings. The van der Waals surface area contributed by atoms with E-state index in [4.69, 9.17) is 5.73 Å². The summed E-state index contributed by atoms with van der Waals surface area (Å²) in [6.45, 7) is 4.11. The van der Waals surface area contributed by atoms with E-state index in [1.165, 1.54) is 24.4 Å². The average molecular weight is 198 g/mol. The second-order valence-electron chi connectivity index (χ2n) is 3.38. The van der Waals surface area contributed by atoms with Gasteiger partial charge in [-0.25, -0.2) is 0 Å². The molecule has 13 heavy (non-hydrogen) atoms. The first kappa shape index (κ1) is 8.90. The van der Waals surface area contributed by atoms with E-state index in [0.717, 1.165) is 29.8 Å². The summed E-state index contributed by atoms with van der Waals surface area (Å²) >= 11 is 1.28. The third-order valence-electron chi connectivity index (χ3n) is 2.41. The molecule has 2 N–H and O–H groups in total. The zero-order chi connectivity index (χ0) is 9.26. The first-order valence-electron chi connectivity index (χ1n) is 4.62. The highest BCUT2D eigenvalue weighted by molar-refractivity contribution is 7.09. The van der Waals surface area contributed by atoms with Gasteiger partial charge in [0.25, 0.3) is 0 Å². The number of anilines is 1. The number of nitrogen functional groups attached to an aromatic ring is 1. The number of nitrogens with zero attached hydrogens (tertiary/aromatic N) is 3. The van der Waals surface area contributed by atoms with Crippen molar-refractivity contribution in [2.75, 3.05) is 12.3 Å². The molecule has 5 heteroatoms. The van der Waals surface area contributed by atoms with E-state index < -0.39 is 0 Å². The summed E-state index contributed by atoms with van der Waals surface area (Å²) in [5, 5.41) is 4.78. The molecule has 2 rings (SSSR count). The van der Waals surface area contributed by atoms with Crippen molar-refractivity contribution in [1.29, 1.82) is 0 Å². The molecule has 0 atom stereocenters. The van der Waals surface area contributed by atoms with Crippen LogP contribution in [0, 0.1) is 0 Å². The molecule has 1 aromatic heterocycles. The Bertz CT molecular complexity index is 281. The molecule has 1 saturated carbocycles. The van der Waals surface area contributed by atoms with Gasteiger partial charge in [0, 0.05) is 24.1 Å². The van der Waals surface area contributed by atoms with Crippen LogP contribution in [0.5, 0.6) is 0 Å². The molecular weight excluding hydrogens is 184 g/mol. The molecule has 0 saturated heterocycles. The molecule has 0 spiro atoms. The highest BCUT2D eigenvalue weighted by Crippen LogP contribution is 2.28. The molecular formula is C8H14N4S. The predicted octanol–water partition coefficient (Wildman–Crippen LogP) is 1.10. The number of nitrogens with two attached hydrogens (primary N) is 1. The fraction of sp³-hybridized carbons (Fsp3) is 0.750. The molecule has 0 aromatic carbocycles. The van der Waals surface area contributed by atoms with Gasteiger partial charge in [-0.2, -0.15) is 0 Å². The van der Waals surface area contributed by atoms with E-state index in [2.05, 4.69) is 21.4 Å². The van der Waals surface area contributed by atoms with Crippen LogP contribution in [0.25, 0.3) is 0 Å². The molecule has 0 bridgehead atoms. The fourth-order valence-electron chi connectivity index (χ4n) is 1.46. The molecule has 72 valence electrons. The maximum atomic E-state index is 5.73. The molecule has 4 nitrogen and oxygen atoms in total. The highest BCUT2D eigenvalue weighted by Gasteiger charge is 2.28. The van der Waals surface area contributed by atoms with Crippen molar-refractivity contribution in [3.8, 4) is 0 Å². The Morgan fingerprint density at radius 3 is 2.85 bits per heavy atom. The van der Waals surface area contributed by atoms with Gasteiger partial charge in [0.05, 0.1) is 0 Å². The van der Waals surface area contributed by atoms with E-state index in [0.29, 0.717) is 0 Å². The van der Waals surface area contributed by atoms with Crippen LogP contribution < -0.4 is 5.73 Å². The Morgan fingerprint density at radius 2 is 2.38 bits per heavy atom. The highest BCUT2D eigenvalue weighted by atomic mass is 32.1. The van der Waals surface area contributed by atoms with Crippen molar-refractivity contribution in [2.45, 2.75) is 32.4 Å². The normalized spacial score (nSPS) is 16.8. The average Bonchev–Trinajstić information content (AvgIpc) is 2.88. The lowest BCUT2D eigenvalue weighted by molar-refractivity contribution is 0.266. The van der Waals surface area contributed by atoms with Crippen molar-refractivity contribution in [1.82, 2.24) is 14.5 Å². The standard InChI is InChI=1S/C8H14N4S/c1-2-12(6-3-4-6)5-7-8(9)13-11-10-7/h6H,2-5,9H2,1H3. The monoisotopic (exact) mass is 198 g/mol. The molecule has 0 unspecified atom stereocenters. The van der Waals surface area contributed by atoms with Crippen molar-refractivity contribution < 1.29 is 0 Å². The lowest BCUT2D eigenvalue weighted by Gasteiger charge is -2.17. The number of rotatable bonds is 4. The molecule has 1 aliphatic carbocycles. The van der Waals surface area contributed by atoms with Crippen molar-refractivity contribution >= 4 is 16.5 Å². The SMILES string of the molecule is CCN(Cc1nnsc1N)C1CC1. The van der Waals surface area contributed by atoms with Crippen molar-refractivity contribution in [3.05, 3.63) is 5.69 Å². The van der Waals surface area contributed by atoms with Crippen LogP contribution in [0.15, 0.2) is 0 Å². The quantitative estimate of drug-likeness (QED) is 0.787. The maximum absolute atomic E-state index is 5.73. The van der Waals surface area contributed by atoms with Gasteiger partial charge in [0.2, 0.25) is 0 Å². The van der Waals surface area contributed by atoms with Crippen LogP contribution in [0.4, 0.5) is 5.00 Å². The van der Waals surface area contributed by atoms with Crippen molar-refractivity contribution in [2.24, 2.45) is 0 Å². The summed E-state index contributed by atoms with van der Waals surface area (Å²) in [7, 11) is 0. The lowest BCUT2D eigenvalue weighted by atomic mass is 10.4. The molecule has 1 aromatic rings. The zero-order valence-electron chi connectivity index (χ0n) is 7.73. The minimum atomic E-state index is 0.763. The topological polar surface area (TPSA) is 55.0 Å². The second-order valence-corrected chi connectivity index (χ2v) is 4.16. The van der Waals surface area contributed by atoms with Gasteiger partial charge in [-0.05, 0) is 19.4 Å². The zero-order valence-corrected chi connectivity index (χ0v) is 8.55. The van der Waals surface area contributed by atoms with Gasteiger partial charge in [0.1, 0.15) is 10.7 Å². The first-order chi connectivity index (χ1) is 6.31. The molecule has 0 aliphatic heterocycles. The van der Waals surface area contributed by atoms with Gasteiger partial charge < -0.3 is 5.73 Å². The minimum absolute atomic E-state index is 0.763. The van der Waals surface area contributed by atoms with Crippen LogP contribution in [-0.2, 0) is 6.54 Å². The maximum Gasteiger partial charge on any atom is 0.132 e. The summed E-state index contributed by atoms with van der Waals surface area (Å²) < 4.78 is 3.83. The largest absolute Gasteiger partial charge is 0.388 e. The summed E-state index contributed by atoms with van der Waals surface area (Å²) in [5.74, 6) is 0. The van der Waals surface area contributed by atoms with Gasteiger partial charge in [0.15, 0.2) is 0 Å². The van der Waals surface area contributed by atoms with Crippen LogP contribution in [0.1, 0.15) is 25.5 Å². The van der Waals surface area contributed by atoms with E-state index in [1.54, 1.807) is 0 Å². The van der Waals surface area contributed by atoms with Crippen molar-refractivity contribution in [3.63, 3.8) is 0 Å². The summed E-state index contributed by atoms with van der Waals surface area (Å²) in [6.07, 6.45) is 2.65. The van der Waals surface area contributed by atoms with Crippen LogP contribution in [0.2, 0.25) is 0 Å². The third kappa shape index (κ3) is 1.97.